The van der Waals surface area contributed by atoms with Gasteiger partial charge in [0.25, 0.3) is 0 Å². The summed E-state index contributed by atoms with van der Waals surface area (Å²) in [6, 6.07) is 4.87. The van der Waals surface area contributed by atoms with Gasteiger partial charge < -0.3 is 15.6 Å². The summed E-state index contributed by atoms with van der Waals surface area (Å²) < 4.78 is 5.79. The highest BCUT2D eigenvalue weighted by atomic mass is 16.7. The standard InChI is InChI=1S/C14H18N2O4/c1-9(16-20-14(15)18)10-6-7-12(17)13(8-10)19-11-4-2-3-5-11/h6-8,11,17H,2-5H2,1H3,(H2,15,18)/b16-9+. The van der Waals surface area contributed by atoms with Crippen LogP contribution >= 0.6 is 0 Å². The first-order valence-corrected chi connectivity index (χ1v) is 6.57. The van der Waals surface area contributed by atoms with Gasteiger partial charge in [-0.1, -0.05) is 5.16 Å². The quantitative estimate of drug-likeness (QED) is 0.502. The first kappa shape index (κ1) is 14.2. The molecule has 6 heteroatoms. The molecule has 0 saturated heterocycles. The van der Waals surface area contributed by atoms with E-state index in [0.29, 0.717) is 17.0 Å². The van der Waals surface area contributed by atoms with Crippen molar-refractivity contribution in [3.63, 3.8) is 0 Å². The molecular weight excluding hydrogens is 260 g/mol. The lowest BCUT2D eigenvalue weighted by Gasteiger charge is -2.15. The van der Waals surface area contributed by atoms with Crippen LogP contribution in [0.2, 0.25) is 0 Å². The number of benzene rings is 1. The number of rotatable bonds is 4. The average molecular weight is 278 g/mol. The molecular formula is C14H18N2O4. The highest BCUT2D eigenvalue weighted by Crippen LogP contribution is 2.31. The lowest BCUT2D eigenvalue weighted by atomic mass is 10.1. The molecule has 0 unspecified atom stereocenters. The molecule has 0 aromatic heterocycles. The van der Waals surface area contributed by atoms with Gasteiger partial charge in [-0.2, -0.15) is 0 Å². The van der Waals surface area contributed by atoms with E-state index in [9.17, 15) is 9.90 Å². The van der Waals surface area contributed by atoms with E-state index < -0.39 is 6.09 Å². The predicted octanol–water partition coefficient (Wildman–Crippen LogP) is 2.53. The maximum atomic E-state index is 10.5. The van der Waals surface area contributed by atoms with Crippen LogP contribution in [0.15, 0.2) is 23.4 Å². The average Bonchev–Trinajstić information content (AvgIpc) is 2.91. The Kier molecular flexibility index (Phi) is 4.45. The Hall–Kier alpha value is -2.24. The highest BCUT2D eigenvalue weighted by molar-refractivity contribution is 5.99. The maximum absolute atomic E-state index is 10.5. The van der Waals surface area contributed by atoms with E-state index in [-0.39, 0.29) is 11.9 Å². The number of ether oxygens (including phenoxy) is 1. The molecule has 1 saturated carbocycles. The number of amides is 1. The van der Waals surface area contributed by atoms with Crippen molar-refractivity contribution in [2.24, 2.45) is 10.9 Å². The summed E-state index contributed by atoms with van der Waals surface area (Å²) in [6.07, 6.45) is 3.49. The second-order valence-corrected chi connectivity index (χ2v) is 4.79. The van der Waals surface area contributed by atoms with Gasteiger partial charge in [-0.25, -0.2) is 4.79 Å². The van der Waals surface area contributed by atoms with Gasteiger partial charge in [0.05, 0.1) is 11.8 Å². The van der Waals surface area contributed by atoms with Crippen LogP contribution in [0.1, 0.15) is 38.2 Å². The van der Waals surface area contributed by atoms with Gasteiger partial charge in [-0.05, 0) is 50.8 Å². The van der Waals surface area contributed by atoms with Gasteiger partial charge in [-0.3, -0.25) is 4.84 Å². The van der Waals surface area contributed by atoms with Crippen molar-refractivity contribution in [2.45, 2.75) is 38.7 Å². The van der Waals surface area contributed by atoms with E-state index in [1.54, 1.807) is 19.1 Å². The lowest BCUT2D eigenvalue weighted by Crippen LogP contribution is -2.12. The van der Waals surface area contributed by atoms with Gasteiger partial charge in [0.15, 0.2) is 11.5 Å². The summed E-state index contributed by atoms with van der Waals surface area (Å²) in [4.78, 5) is 14.9. The second-order valence-electron chi connectivity index (χ2n) is 4.79. The Bertz CT molecular complexity index is 522. The summed E-state index contributed by atoms with van der Waals surface area (Å²) >= 11 is 0. The lowest BCUT2D eigenvalue weighted by molar-refractivity contribution is 0.161. The van der Waals surface area contributed by atoms with Crippen LogP contribution in [0.25, 0.3) is 0 Å². The summed E-state index contributed by atoms with van der Waals surface area (Å²) in [5.74, 6) is 0.507. The van der Waals surface area contributed by atoms with Crippen LogP contribution in [-0.2, 0) is 4.84 Å². The molecule has 1 aliphatic rings. The summed E-state index contributed by atoms with van der Waals surface area (Å²) in [7, 11) is 0. The number of nitrogens with zero attached hydrogens (tertiary/aromatic N) is 1. The second kappa shape index (κ2) is 6.27. The molecule has 1 aromatic rings. The smallest absolute Gasteiger partial charge is 0.430 e. The SMILES string of the molecule is C/C(=N\OC(N)=O)c1ccc(O)c(OC2CCCC2)c1. The number of carbonyl (C=O) groups excluding carboxylic acids is 1. The Morgan fingerprint density at radius 1 is 1.40 bits per heavy atom. The van der Waals surface area contributed by atoms with Crippen LogP contribution in [0.5, 0.6) is 11.5 Å². The van der Waals surface area contributed by atoms with Crippen molar-refractivity contribution >= 4 is 11.8 Å². The number of carbonyl (C=O) groups is 1. The van der Waals surface area contributed by atoms with Gasteiger partial charge in [0, 0.05) is 5.56 Å². The molecule has 2 rings (SSSR count). The first-order chi connectivity index (χ1) is 9.56. The number of aromatic hydroxyl groups is 1. The number of phenolic OH excluding ortho intramolecular Hbond substituents is 1. The highest BCUT2D eigenvalue weighted by Gasteiger charge is 2.18. The first-order valence-electron chi connectivity index (χ1n) is 6.57. The van der Waals surface area contributed by atoms with Crippen molar-refractivity contribution in [3.05, 3.63) is 23.8 Å². The molecule has 1 aliphatic carbocycles. The molecule has 1 aromatic carbocycles. The number of nitrogens with two attached hydrogens (primary N) is 1. The largest absolute Gasteiger partial charge is 0.504 e. The summed E-state index contributed by atoms with van der Waals surface area (Å²) in [5, 5.41) is 13.4. The minimum atomic E-state index is -0.967. The maximum Gasteiger partial charge on any atom is 0.430 e. The fourth-order valence-corrected chi connectivity index (χ4v) is 2.19. The van der Waals surface area contributed by atoms with Gasteiger partial charge in [-0.15, -0.1) is 0 Å². The monoisotopic (exact) mass is 278 g/mol. The van der Waals surface area contributed by atoms with Crippen molar-refractivity contribution < 1.29 is 19.5 Å². The molecule has 6 nitrogen and oxygen atoms in total. The van der Waals surface area contributed by atoms with Crippen LogP contribution in [0, 0.1) is 0 Å². The fraction of sp³-hybridized carbons (Fsp3) is 0.429. The van der Waals surface area contributed by atoms with Gasteiger partial charge in [0.2, 0.25) is 0 Å². The number of oxime groups is 1. The van der Waals surface area contributed by atoms with E-state index in [2.05, 4.69) is 9.99 Å². The predicted molar refractivity (Wildman–Crippen MR) is 73.9 cm³/mol. The van der Waals surface area contributed by atoms with E-state index in [0.717, 1.165) is 25.7 Å². The zero-order valence-corrected chi connectivity index (χ0v) is 11.3. The van der Waals surface area contributed by atoms with E-state index >= 15 is 0 Å². The number of hydrogen-bond donors (Lipinski definition) is 2. The Labute approximate surface area is 117 Å². The van der Waals surface area contributed by atoms with Gasteiger partial charge >= 0.3 is 6.09 Å². The van der Waals surface area contributed by atoms with Crippen molar-refractivity contribution in [1.29, 1.82) is 0 Å². The molecule has 0 atom stereocenters. The van der Waals surface area contributed by atoms with E-state index in [1.165, 1.54) is 6.07 Å². The molecule has 108 valence electrons. The third kappa shape index (κ3) is 3.63. The Balaban J connectivity index is 2.14. The molecule has 0 bridgehead atoms. The Morgan fingerprint density at radius 3 is 2.75 bits per heavy atom. The molecule has 3 N–H and O–H groups in total. The van der Waals surface area contributed by atoms with Crippen LogP contribution in [0.4, 0.5) is 4.79 Å². The number of phenols is 1. The van der Waals surface area contributed by atoms with E-state index in [4.69, 9.17) is 10.5 Å². The topological polar surface area (TPSA) is 94.1 Å². The van der Waals surface area contributed by atoms with Crippen LogP contribution in [0.3, 0.4) is 0 Å². The molecule has 1 amide bonds. The zero-order chi connectivity index (χ0) is 14.5. The van der Waals surface area contributed by atoms with Crippen molar-refractivity contribution in [2.75, 3.05) is 0 Å². The number of hydrogen-bond acceptors (Lipinski definition) is 5. The third-order valence-electron chi connectivity index (χ3n) is 3.25. The van der Waals surface area contributed by atoms with Crippen molar-refractivity contribution in [3.8, 4) is 11.5 Å². The summed E-state index contributed by atoms with van der Waals surface area (Å²) in [5.41, 5.74) is 6.01. The van der Waals surface area contributed by atoms with Crippen molar-refractivity contribution in [1.82, 2.24) is 0 Å². The molecule has 20 heavy (non-hydrogen) atoms. The number of primary amides is 1. The van der Waals surface area contributed by atoms with Crippen LogP contribution < -0.4 is 10.5 Å². The molecule has 1 fully saturated rings. The zero-order valence-electron chi connectivity index (χ0n) is 11.3. The third-order valence-corrected chi connectivity index (χ3v) is 3.25. The minimum absolute atomic E-state index is 0.0873. The van der Waals surface area contributed by atoms with Gasteiger partial charge in [0.1, 0.15) is 0 Å². The fourth-order valence-electron chi connectivity index (χ4n) is 2.19. The minimum Gasteiger partial charge on any atom is -0.504 e. The normalized spacial score (nSPS) is 16.1. The van der Waals surface area contributed by atoms with E-state index in [1.807, 2.05) is 0 Å². The molecule has 0 radical (unpaired) electrons. The van der Waals surface area contributed by atoms with Crippen LogP contribution in [-0.4, -0.2) is 23.0 Å². The Morgan fingerprint density at radius 2 is 2.10 bits per heavy atom. The molecule has 0 aliphatic heterocycles. The summed E-state index contributed by atoms with van der Waals surface area (Å²) in [6.45, 7) is 1.68. The molecule has 0 heterocycles. The molecule has 0 spiro atoms.